The van der Waals surface area contributed by atoms with E-state index < -0.39 is 0 Å². The average Bonchev–Trinajstić information content (AvgIpc) is 2.93. The van der Waals surface area contributed by atoms with Crippen molar-refractivity contribution >= 4 is 33.2 Å². The zero-order chi connectivity index (χ0) is 14.4. The van der Waals surface area contributed by atoms with Crippen LogP contribution in [0.4, 0.5) is 0 Å². The zero-order valence-corrected chi connectivity index (χ0v) is 13.6. The molecular weight excluding hydrogens is 338 g/mol. The molecule has 1 aromatic heterocycles. The molecule has 1 aromatic carbocycles. The highest BCUT2D eigenvalue weighted by atomic mass is 79.9. The van der Waals surface area contributed by atoms with Gasteiger partial charge in [-0.15, -0.1) is 0 Å². The Labute approximate surface area is 131 Å². The number of carbonyl (C=O) groups is 1. The minimum absolute atomic E-state index is 0.114. The molecule has 0 atom stereocenters. The molecule has 20 heavy (non-hydrogen) atoms. The van der Waals surface area contributed by atoms with Crippen LogP contribution in [0, 0.1) is 0 Å². The maximum atomic E-state index is 12.0. The van der Waals surface area contributed by atoms with Crippen molar-refractivity contribution in [2.24, 2.45) is 0 Å². The first kappa shape index (κ1) is 15.1. The summed E-state index contributed by atoms with van der Waals surface area (Å²) in [5, 5.41) is 3.99. The van der Waals surface area contributed by atoms with Gasteiger partial charge < -0.3 is 9.64 Å². The van der Waals surface area contributed by atoms with E-state index in [1.807, 2.05) is 41.1 Å². The molecule has 0 fully saturated rings. The highest BCUT2D eigenvalue weighted by Gasteiger charge is 2.09. The van der Waals surface area contributed by atoms with E-state index in [4.69, 9.17) is 4.74 Å². The number of ether oxygens (including phenoxy) is 1. The molecule has 0 saturated heterocycles. The van der Waals surface area contributed by atoms with Gasteiger partial charge in [-0.1, -0.05) is 15.9 Å². The third-order valence-electron chi connectivity index (χ3n) is 2.87. The zero-order valence-electron chi connectivity index (χ0n) is 11.2. The van der Waals surface area contributed by atoms with Gasteiger partial charge in [-0.2, -0.15) is 11.3 Å². The monoisotopic (exact) mass is 353 g/mol. The van der Waals surface area contributed by atoms with E-state index in [0.717, 1.165) is 15.8 Å². The van der Waals surface area contributed by atoms with E-state index in [9.17, 15) is 4.79 Å². The predicted octanol–water partition coefficient (Wildman–Crippen LogP) is 3.59. The number of hydrogen-bond acceptors (Lipinski definition) is 3. The van der Waals surface area contributed by atoms with Crippen LogP contribution in [0.15, 0.2) is 45.6 Å². The molecule has 0 unspecified atom stereocenters. The standard InChI is InChI=1S/C15H16BrNO2S/c1-17(15(18)10-12-6-9-20-11-12)7-8-19-14-4-2-13(16)3-5-14/h2-6,9,11H,7-8,10H2,1H3. The maximum Gasteiger partial charge on any atom is 0.226 e. The molecule has 2 rings (SSSR count). The molecule has 0 bridgehead atoms. The second kappa shape index (κ2) is 7.45. The summed E-state index contributed by atoms with van der Waals surface area (Å²) in [6.45, 7) is 1.08. The maximum absolute atomic E-state index is 12.0. The summed E-state index contributed by atoms with van der Waals surface area (Å²) in [5.74, 6) is 0.926. The molecule has 0 radical (unpaired) electrons. The Kier molecular flexibility index (Phi) is 5.61. The fourth-order valence-electron chi connectivity index (χ4n) is 1.66. The lowest BCUT2D eigenvalue weighted by atomic mass is 10.2. The van der Waals surface area contributed by atoms with Gasteiger partial charge in [0.1, 0.15) is 12.4 Å². The smallest absolute Gasteiger partial charge is 0.226 e. The molecule has 5 heteroatoms. The summed E-state index contributed by atoms with van der Waals surface area (Å²) in [5.41, 5.74) is 1.07. The Morgan fingerprint density at radius 1 is 1.30 bits per heavy atom. The van der Waals surface area contributed by atoms with Crippen LogP contribution in [-0.2, 0) is 11.2 Å². The van der Waals surface area contributed by atoms with Gasteiger partial charge in [-0.05, 0) is 46.7 Å². The van der Waals surface area contributed by atoms with Crippen molar-refractivity contribution in [2.75, 3.05) is 20.2 Å². The lowest BCUT2D eigenvalue weighted by molar-refractivity contribution is -0.129. The Morgan fingerprint density at radius 3 is 2.70 bits per heavy atom. The summed E-state index contributed by atoms with van der Waals surface area (Å²) in [6, 6.07) is 9.64. The molecule has 1 heterocycles. The van der Waals surface area contributed by atoms with Gasteiger partial charge in [0.2, 0.25) is 5.91 Å². The lowest BCUT2D eigenvalue weighted by Gasteiger charge is -2.17. The topological polar surface area (TPSA) is 29.5 Å². The van der Waals surface area contributed by atoms with Gasteiger partial charge in [0.05, 0.1) is 13.0 Å². The molecule has 0 saturated carbocycles. The van der Waals surface area contributed by atoms with Gasteiger partial charge in [0.25, 0.3) is 0 Å². The van der Waals surface area contributed by atoms with E-state index >= 15 is 0 Å². The summed E-state index contributed by atoms with van der Waals surface area (Å²) in [7, 11) is 1.81. The molecular formula is C15H16BrNO2S. The Bertz CT molecular complexity index is 540. The minimum atomic E-state index is 0.114. The van der Waals surface area contributed by atoms with Gasteiger partial charge in [0.15, 0.2) is 0 Å². The van der Waals surface area contributed by atoms with Crippen LogP contribution in [0.25, 0.3) is 0 Å². The number of carbonyl (C=O) groups excluding carboxylic acids is 1. The summed E-state index contributed by atoms with van der Waals surface area (Å²) in [6.07, 6.45) is 0.457. The number of hydrogen-bond donors (Lipinski definition) is 0. The van der Waals surface area contributed by atoms with Crippen molar-refractivity contribution in [1.82, 2.24) is 4.90 Å². The number of thiophene rings is 1. The second-order valence-electron chi connectivity index (χ2n) is 4.43. The fourth-order valence-corrected chi connectivity index (χ4v) is 2.59. The second-order valence-corrected chi connectivity index (χ2v) is 6.12. The van der Waals surface area contributed by atoms with E-state index in [1.165, 1.54) is 0 Å². The number of nitrogens with zero attached hydrogens (tertiary/aromatic N) is 1. The molecule has 106 valence electrons. The average molecular weight is 354 g/mol. The van der Waals surface area contributed by atoms with Crippen LogP contribution in [0.2, 0.25) is 0 Å². The predicted molar refractivity (Wildman–Crippen MR) is 85.3 cm³/mol. The van der Waals surface area contributed by atoms with Crippen LogP contribution in [0.5, 0.6) is 5.75 Å². The normalized spacial score (nSPS) is 10.3. The molecule has 0 aliphatic rings. The first-order valence-corrected chi connectivity index (χ1v) is 8.02. The van der Waals surface area contributed by atoms with Crippen LogP contribution in [-0.4, -0.2) is 31.0 Å². The largest absolute Gasteiger partial charge is 0.492 e. The lowest BCUT2D eigenvalue weighted by Crippen LogP contribution is -2.31. The Hall–Kier alpha value is -1.33. The molecule has 1 amide bonds. The molecule has 3 nitrogen and oxygen atoms in total. The number of likely N-dealkylation sites (N-methyl/N-ethyl adjacent to an activating group) is 1. The molecule has 2 aromatic rings. The first-order valence-electron chi connectivity index (χ1n) is 6.28. The van der Waals surface area contributed by atoms with Crippen LogP contribution in [0.1, 0.15) is 5.56 Å². The van der Waals surface area contributed by atoms with Crippen molar-refractivity contribution < 1.29 is 9.53 Å². The van der Waals surface area contributed by atoms with E-state index in [-0.39, 0.29) is 5.91 Å². The number of amides is 1. The SMILES string of the molecule is CN(CCOc1ccc(Br)cc1)C(=O)Cc1ccsc1. The van der Waals surface area contributed by atoms with Crippen molar-refractivity contribution in [1.29, 1.82) is 0 Å². The Morgan fingerprint density at radius 2 is 2.05 bits per heavy atom. The van der Waals surface area contributed by atoms with Gasteiger partial charge >= 0.3 is 0 Å². The van der Waals surface area contributed by atoms with E-state index in [2.05, 4.69) is 15.9 Å². The third kappa shape index (κ3) is 4.65. The van der Waals surface area contributed by atoms with Gasteiger partial charge in [-0.25, -0.2) is 0 Å². The third-order valence-corrected chi connectivity index (χ3v) is 4.13. The van der Waals surface area contributed by atoms with Crippen molar-refractivity contribution in [3.8, 4) is 5.75 Å². The van der Waals surface area contributed by atoms with Crippen LogP contribution < -0.4 is 4.74 Å². The Balaban J connectivity index is 1.73. The highest BCUT2D eigenvalue weighted by Crippen LogP contribution is 2.16. The number of benzene rings is 1. The highest BCUT2D eigenvalue weighted by molar-refractivity contribution is 9.10. The minimum Gasteiger partial charge on any atom is -0.492 e. The quantitative estimate of drug-likeness (QED) is 0.794. The first-order chi connectivity index (χ1) is 9.65. The van der Waals surface area contributed by atoms with Crippen molar-refractivity contribution in [2.45, 2.75) is 6.42 Å². The molecule has 0 spiro atoms. The van der Waals surface area contributed by atoms with Gasteiger partial charge in [0, 0.05) is 11.5 Å². The summed E-state index contributed by atoms with van der Waals surface area (Å²) in [4.78, 5) is 13.7. The molecule has 0 aliphatic carbocycles. The van der Waals surface area contributed by atoms with Crippen molar-refractivity contribution in [3.05, 3.63) is 51.1 Å². The molecule has 0 N–H and O–H groups in total. The molecule has 0 aliphatic heterocycles. The van der Waals surface area contributed by atoms with E-state index in [0.29, 0.717) is 19.6 Å². The van der Waals surface area contributed by atoms with Crippen LogP contribution in [0.3, 0.4) is 0 Å². The van der Waals surface area contributed by atoms with Crippen molar-refractivity contribution in [3.63, 3.8) is 0 Å². The number of rotatable bonds is 6. The van der Waals surface area contributed by atoms with Gasteiger partial charge in [-0.3, -0.25) is 4.79 Å². The number of halogens is 1. The summed E-state index contributed by atoms with van der Waals surface area (Å²) >= 11 is 4.99. The van der Waals surface area contributed by atoms with Crippen LogP contribution >= 0.6 is 27.3 Å². The fraction of sp³-hybridized carbons (Fsp3) is 0.267. The van der Waals surface area contributed by atoms with E-state index in [1.54, 1.807) is 23.3 Å². The summed E-state index contributed by atoms with van der Waals surface area (Å²) < 4.78 is 6.63.